The molecule has 134 valence electrons. The van der Waals surface area contributed by atoms with Crippen LogP contribution >= 0.6 is 0 Å². The second kappa shape index (κ2) is 7.64. The van der Waals surface area contributed by atoms with Crippen LogP contribution in [-0.4, -0.2) is 37.0 Å². The summed E-state index contributed by atoms with van der Waals surface area (Å²) < 4.78 is 3.00. The van der Waals surface area contributed by atoms with E-state index in [4.69, 9.17) is 0 Å². The van der Waals surface area contributed by atoms with E-state index in [-0.39, 0.29) is 5.56 Å². The van der Waals surface area contributed by atoms with Crippen LogP contribution in [0.1, 0.15) is 17.5 Å². The lowest BCUT2D eigenvalue weighted by Gasteiger charge is -2.11. The number of benzene rings is 1. The smallest absolute Gasteiger partial charge is 0.335 e. The third kappa shape index (κ3) is 3.64. The summed E-state index contributed by atoms with van der Waals surface area (Å²) >= 11 is 0. The zero-order chi connectivity index (χ0) is 18.5. The molecule has 0 bridgehead atoms. The highest BCUT2D eigenvalue weighted by Crippen LogP contribution is 2.18. The lowest BCUT2D eigenvalue weighted by Crippen LogP contribution is -2.31. The highest BCUT2D eigenvalue weighted by molar-refractivity contribution is 5.82. The fourth-order valence-corrected chi connectivity index (χ4v) is 2.61. The predicted molar refractivity (Wildman–Crippen MR) is 98.4 cm³/mol. The minimum absolute atomic E-state index is 0.0458. The van der Waals surface area contributed by atoms with Crippen LogP contribution in [0.25, 0.3) is 5.69 Å². The van der Waals surface area contributed by atoms with Gasteiger partial charge in [-0.05, 0) is 25.0 Å². The summed E-state index contributed by atoms with van der Waals surface area (Å²) in [5.41, 5.74) is -0.119. The highest BCUT2D eigenvalue weighted by atomic mass is 16.3. The summed E-state index contributed by atoms with van der Waals surface area (Å²) in [6, 6.07) is 7.09. The molecule has 0 fully saturated rings. The number of aromatic amines is 1. The Kier molecular flexibility index (Phi) is 5.12. The van der Waals surface area contributed by atoms with E-state index in [0.29, 0.717) is 12.2 Å². The average molecular weight is 353 g/mol. The first-order valence-electron chi connectivity index (χ1n) is 8.18. The van der Waals surface area contributed by atoms with Crippen LogP contribution in [0.15, 0.2) is 57.6 Å². The molecule has 3 aromatic rings. The Hall–Kier alpha value is -3.42. The fourth-order valence-electron chi connectivity index (χ4n) is 2.61. The van der Waals surface area contributed by atoms with Gasteiger partial charge in [0.05, 0.1) is 12.0 Å². The zero-order valence-corrected chi connectivity index (χ0v) is 14.3. The van der Waals surface area contributed by atoms with Gasteiger partial charge in [0.2, 0.25) is 5.88 Å². The maximum Gasteiger partial charge on any atom is 0.335 e. The quantitative estimate of drug-likeness (QED) is 0.514. The van der Waals surface area contributed by atoms with Crippen LogP contribution in [0.2, 0.25) is 0 Å². The minimum atomic E-state index is -0.695. The summed E-state index contributed by atoms with van der Waals surface area (Å²) in [5.74, 6) is -0.425. The fraction of sp³-hybridized carbons (Fsp3) is 0.222. The molecule has 8 nitrogen and oxygen atoms in total. The summed E-state index contributed by atoms with van der Waals surface area (Å²) in [5, 5.41) is 10.5. The molecule has 0 unspecified atom stereocenters. The average Bonchev–Trinajstić information content (AvgIpc) is 3.12. The van der Waals surface area contributed by atoms with Gasteiger partial charge in [-0.2, -0.15) is 0 Å². The number of nitrogens with one attached hydrogen (secondary N) is 1. The van der Waals surface area contributed by atoms with E-state index in [1.54, 1.807) is 24.7 Å². The molecule has 0 aliphatic carbocycles. The summed E-state index contributed by atoms with van der Waals surface area (Å²) in [4.78, 5) is 34.6. The number of rotatable bonds is 6. The first-order valence-corrected chi connectivity index (χ1v) is 8.18. The van der Waals surface area contributed by atoms with Gasteiger partial charge in [-0.3, -0.25) is 14.8 Å². The van der Waals surface area contributed by atoms with Crippen molar-refractivity contribution in [1.29, 1.82) is 0 Å². The number of H-pyrrole nitrogens is 1. The molecular weight excluding hydrogens is 334 g/mol. The lowest BCUT2D eigenvalue weighted by atomic mass is 10.2. The maximum absolute atomic E-state index is 12.2. The van der Waals surface area contributed by atoms with Gasteiger partial charge in [-0.25, -0.2) is 14.3 Å². The highest BCUT2D eigenvalue weighted by Gasteiger charge is 2.15. The minimum Gasteiger partial charge on any atom is -0.493 e. The number of hydrogen-bond acceptors (Lipinski definition) is 5. The largest absolute Gasteiger partial charge is 0.493 e. The van der Waals surface area contributed by atoms with Crippen LogP contribution < -0.4 is 11.2 Å². The molecule has 0 aliphatic rings. The Labute approximate surface area is 149 Å². The standard InChI is InChI=1S/C18H19N5O3/c1-13-5-2-3-6-15(13)23-17(25)14(16(24)21-18(23)26)11-19-7-4-9-22-10-8-20-12-22/h2-3,5-6,8,10-12,25H,4,7,9H2,1H3,(H,21,24,26). The van der Waals surface area contributed by atoms with Crippen LogP contribution in [0, 0.1) is 6.92 Å². The van der Waals surface area contributed by atoms with Crippen molar-refractivity contribution < 1.29 is 5.11 Å². The van der Waals surface area contributed by atoms with E-state index in [2.05, 4.69) is 15.0 Å². The Morgan fingerprint density at radius 1 is 1.31 bits per heavy atom. The van der Waals surface area contributed by atoms with E-state index in [1.807, 2.05) is 29.8 Å². The topological polar surface area (TPSA) is 105 Å². The van der Waals surface area contributed by atoms with Crippen molar-refractivity contribution in [3.05, 3.63) is 75.0 Å². The molecule has 2 heterocycles. The van der Waals surface area contributed by atoms with Crippen molar-refractivity contribution >= 4 is 6.21 Å². The van der Waals surface area contributed by atoms with Crippen molar-refractivity contribution in [3.8, 4) is 11.6 Å². The number of hydrogen-bond donors (Lipinski definition) is 2. The number of aryl methyl sites for hydroxylation is 2. The normalized spacial score (nSPS) is 11.3. The van der Waals surface area contributed by atoms with Gasteiger partial charge in [0.15, 0.2) is 0 Å². The van der Waals surface area contributed by atoms with Crippen molar-refractivity contribution in [1.82, 2.24) is 19.1 Å². The molecule has 2 N–H and O–H groups in total. The van der Waals surface area contributed by atoms with Crippen LogP contribution in [0.5, 0.6) is 5.88 Å². The third-order valence-electron chi connectivity index (χ3n) is 3.96. The van der Waals surface area contributed by atoms with E-state index in [1.165, 1.54) is 6.21 Å². The molecule has 0 saturated carbocycles. The molecule has 0 amide bonds. The number of aromatic nitrogens is 4. The van der Waals surface area contributed by atoms with Gasteiger partial charge in [0.1, 0.15) is 5.56 Å². The SMILES string of the molecule is Cc1ccccc1-n1c(O)c(C=NCCCn2ccnc2)c(=O)[nH]c1=O. The van der Waals surface area contributed by atoms with Gasteiger partial charge >= 0.3 is 5.69 Å². The van der Waals surface area contributed by atoms with Gasteiger partial charge in [-0.1, -0.05) is 18.2 Å². The summed E-state index contributed by atoms with van der Waals surface area (Å²) in [6.45, 7) is 3.04. The first kappa shape index (κ1) is 17.4. The van der Waals surface area contributed by atoms with Gasteiger partial charge in [-0.15, -0.1) is 0 Å². The predicted octanol–water partition coefficient (Wildman–Crippen LogP) is 1.25. The van der Waals surface area contributed by atoms with E-state index < -0.39 is 17.1 Å². The molecule has 2 aromatic heterocycles. The van der Waals surface area contributed by atoms with Crippen LogP contribution in [0.4, 0.5) is 0 Å². The molecular formula is C18H19N5O3. The summed E-state index contributed by atoms with van der Waals surface area (Å²) in [7, 11) is 0. The molecule has 0 atom stereocenters. The van der Waals surface area contributed by atoms with E-state index in [0.717, 1.165) is 23.1 Å². The van der Waals surface area contributed by atoms with Gasteiger partial charge in [0.25, 0.3) is 5.56 Å². The van der Waals surface area contributed by atoms with E-state index >= 15 is 0 Å². The Balaban J connectivity index is 1.84. The maximum atomic E-state index is 12.2. The number of aromatic hydroxyl groups is 1. The number of imidazole rings is 1. The Bertz CT molecular complexity index is 1030. The molecule has 0 aliphatic heterocycles. The van der Waals surface area contributed by atoms with Crippen LogP contribution in [-0.2, 0) is 6.54 Å². The first-order chi connectivity index (χ1) is 12.6. The third-order valence-corrected chi connectivity index (χ3v) is 3.96. The van der Waals surface area contributed by atoms with Gasteiger partial charge < -0.3 is 9.67 Å². The lowest BCUT2D eigenvalue weighted by molar-refractivity contribution is 0.430. The van der Waals surface area contributed by atoms with Crippen molar-refractivity contribution in [2.45, 2.75) is 19.9 Å². The Morgan fingerprint density at radius 2 is 2.12 bits per heavy atom. The molecule has 0 spiro atoms. The second-order valence-corrected chi connectivity index (χ2v) is 5.81. The molecule has 3 rings (SSSR count). The number of nitrogens with zero attached hydrogens (tertiary/aromatic N) is 4. The van der Waals surface area contributed by atoms with Crippen LogP contribution in [0.3, 0.4) is 0 Å². The number of aliphatic imine (C=N–C) groups is 1. The number of para-hydroxylation sites is 1. The molecule has 26 heavy (non-hydrogen) atoms. The van der Waals surface area contributed by atoms with Crippen molar-refractivity contribution in [3.63, 3.8) is 0 Å². The van der Waals surface area contributed by atoms with E-state index in [9.17, 15) is 14.7 Å². The molecule has 0 saturated heterocycles. The molecule has 8 heteroatoms. The Morgan fingerprint density at radius 3 is 2.85 bits per heavy atom. The molecule has 0 radical (unpaired) electrons. The molecule has 1 aromatic carbocycles. The van der Waals surface area contributed by atoms with Crippen molar-refractivity contribution in [2.75, 3.05) is 6.54 Å². The van der Waals surface area contributed by atoms with Crippen molar-refractivity contribution in [2.24, 2.45) is 4.99 Å². The summed E-state index contributed by atoms with van der Waals surface area (Å²) in [6.07, 6.45) is 7.34. The second-order valence-electron chi connectivity index (χ2n) is 5.81. The monoisotopic (exact) mass is 353 g/mol. The van der Waals surface area contributed by atoms with Gasteiger partial charge in [0, 0.05) is 31.7 Å². The zero-order valence-electron chi connectivity index (χ0n) is 14.3.